The van der Waals surface area contributed by atoms with Crippen molar-refractivity contribution in [1.82, 2.24) is 0 Å². The summed E-state index contributed by atoms with van der Waals surface area (Å²) >= 11 is 0. The Hall–Kier alpha value is -0.400. The van der Waals surface area contributed by atoms with Crippen LogP contribution in [0.15, 0.2) is 0 Å². The molecule has 0 amide bonds. The van der Waals surface area contributed by atoms with Gasteiger partial charge in [0, 0.05) is 52.5 Å². The smallest absolute Gasteiger partial charge is 0.0801 e. The average Bonchev–Trinajstić information content (AvgIpc) is 2.99. The number of aliphatic hydroxyl groups is 4. The maximum atomic E-state index is 10.5. The lowest BCUT2D eigenvalue weighted by Crippen LogP contribution is -2.36. The molecular formula is C39H80O10. The first-order valence-corrected chi connectivity index (χ1v) is 19.0. The van der Waals surface area contributed by atoms with Crippen LogP contribution in [-0.4, -0.2) is 119 Å². The third-order valence-electron chi connectivity index (χ3n) is 9.59. The Morgan fingerprint density at radius 3 is 1.10 bits per heavy atom. The molecule has 0 saturated heterocycles. The van der Waals surface area contributed by atoms with Gasteiger partial charge in [-0.25, -0.2) is 0 Å². The van der Waals surface area contributed by atoms with Crippen molar-refractivity contribution >= 4 is 0 Å². The zero-order valence-corrected chi connectivity index (χ0v) is 33.8. The van der Waals surface area contributed by atoms with Crippen LogP contribution in [0.3, 0.4) is 0 Å². The summed E-state index contributed by atoms with van der Waals surface area (Å²) in [5.41, 5.74) is -2.34. The van der Waals surface area contributed by atoms with Gasteiger partial charge in [0.25, 0.3) is 0 Å². The topological polar surface area (TPSA) is 136 Å². The van der Waals surface area contributed by atoms with Gasteiger partial charge in [0.15, 0.2) is 0 Å². The van der Waals surface area contributed by atoms with Gasteiger partial charge in [0.05, 0.1) is 59.0 Å². The van der Waals surface area contributed by atoms with Gasteiger partial charge in [-0.2, -0.15) is 0 Å². The predicted molar refractivity (Wildman–Crippen MR) is 197 cm³/mol. The molecule has 0 rings (SSSR count). The molecule has 0 saturated carbocycles. The fraction of sp³-hybridized carbons (Fsp3) is 1.00. The van der Waals surface area contributed by atoms with Crippen molar-refractivity contribution in [3.05, 3.63) is 0 Å². The molecule has 49 heavy (non-hydrogen) atoms. The lowest BCUT2D eigenvalue weighted by atomic mass is 9.95. The fourth-order valence-electron chi connectivity index (χ4n) is 5.68. The highest BCUT2D eigenvalue weighted by Crippen LogP contribution is 2.27. The molecule has 0 aromatic heterocycles. The molecule has 0 radical (unpaired) electrons. The summed E-state index contributed by atoms with van der Waals surface area (Å²) in [6, 6.07) is 0. The van der Waals surface area contributed by atoms with Crippen LogP contribution in [-0.2, 0) is 28.4 Å². The van der Waals surface area contributed by atoms with Crippen LogP contribution in [0.1, 0.15) is 154 Å². The van der Waals surface area contributed by atoms with Gasteiger partial charge in [-0.05, 0) is 127 Å². The largest absolute Gasteiger partial charge is 0.396 e. The summed E-state index contributed by atoms with van der Waals surface area (Å²) in [6.45, 7) is 27.2. The van der Waals surface area contributed by atoms with Crippen molar-refractivity contribution < 1.29 is 48.8 Å². The van der Waals surface area contributed by atoms with Crippen LogP contribution in [0.5, 0.6) is 0 Å². The Balaban J connectivity index is 4.41. The van der Waals surface area contributed by atoms with E-state index in [2.05, 4.69) is 27.7 Å². The van der Waals surface area contributed by atoms with E-state index in [-0.39, 0.29) is 37.6 Å². The third-order valence-corrected chi connectivity index (χ3v) is 9.59. The van der Waals surface area contributed by atoms with Gasteiger partial charge in [0.2, 0.25) is 0 Å². The normalized spacial score (nSPS) is 17.1. The zero-order chi connectivity index (χ0) is 37.8. The van der Waals surface area contributed by atoms with E-state index < -0.39 is 34.6 Å². The highest BCUT2D eigenvalue weighted by atomic mass is 16.5. The van der Waals surface area contributed by atoms with E-state index in [1.165, 1.54) is 0 Å². The van der Waals surface area contributed by atoms with Gasteiger partial charge in [-0.1, -0.05) is 13.8 Å². The summed E-state index contributed by atoms with van der Waals surface area (Å²) in [5, 5.41) is 39.3. The number of aliphatic hydroxyl groups excluding tert-OH is 4. The van der Waals surface area contributed by atoms with Crippen LogP contribution in [0.4, 0.5) is 0 Å². The van der Waals surface area contributed by atoms with Gasteiger partial charge in [0.1, 0.15) is 0 Å². The van der Waals surface area contributed by atoms with Crippen LogP contribution < -0.4 is 0 Å². The maximum Gasteiger partial charge on any atom is 0.0801 e. The first kappa shape index (κ1) is 48.6. The number of hydrogen-bond donors (Lipinski definition) is 4. The Morgan fingerprint density at radius 1 is 0.429 bits per heavy atom. The van der Waals surface area contributed by atoms with Crippen molar-refractivity contribution in [1.29, 1.82) is 0 Å². The lowest BCUT2D eigenvalue weighted by Gasteiger charge is -2.33. The molecular weight excluding hydrogens is 628 g/mol. The second kappa shape index (κ2) is 23.3. The molecule has 4 unspecified atom stereocenters. The number of rotatable bonds is 32. The molecule has 0 aromatic rings. The molecule has 296 valence electrons. The molecule has 4 atom stereocenters. The highest BCUT2D eigenvalue weighted by Gasteiger charge is 2.29. The summed E-state index contributed by atoms with van der Waals surface area (Å²) in [5.74, 6) is 0. The van der Waals surface area contributed by atoms with Crippen LogP contribution in [0.2, 0.25) is 0 Å². The van der Waals surface area contributed by atoms with Crippen molar-refractivity contribution in [3.63, 3.8) is 0 Å². The van der Waals surface area contributed by atoms with Crippen LogP contribution >= 0.6 is 0 Å². The Kier molecular flexibility index (Phi) is 23.1. The SMILES string of the molecule is CCC(C)(CCCOC(C)(C)CC(O)COC(C)(C)CCO)OCCCC(C)(CC)OCCCOC(C)(C)CC(O)COC(C)(C)CCO. The minimum atomic E-state index is -0.641. The molecule has 0 aliphatic carbocycles. The van der Waals surface area contributed by atoms with Gasteiger partial charge in [-0.15, -0.1) is 0 Å². The van der Waals surface area contributed by atoms with Crippen molar-refractivity contribution in [2.75, 3.05) is 52.9 Å². The molecule has 0 fully saturated rings. The van der Waals surface area contributed by atoms with E-state index in [1.807, 2.05) is 55.4 Å². The minimum absolute atomic E-state index is 0.0537. The molecule has 0 heterocycles. The zero-order valence-electron chi connectivity index (χ0n) is 33.8. The van der Waals surface area contributed by atoms with Crippen molar-refractivity contribution in [2.24, 2.45) is 0 Å². The predicted octanol–water partition coefficient (Wildman–Crippen LogP) is 6.76. The second-order valence-corrected chi connectivity index (χ2v) is 16.9. The highest BCUT2D eigenvalue weighted by molar-refractivity contribution is 4.79. The summed E-state index contributed by atoms with van der Waals surface area (Å²) in [4.78, 5) is 0. The Morgan fingerprint density at radius 2 is 0.755 bits per heavy atom. The molecule has 10 heteroatoms. The lowest BCUT2D eigenvalue weighted by molar-refractivity contribution is -0.105. The van der Waals surface area contributed by atoms with E-state index in [0.29, 0.717) is 52.1 Å². The molecule has 0 aromatic carbocycles. The molecule has 0 spiro atoms. The fourth-order valence-corrected chi connectivity index (χ4v) is 5.68. The van der Waals surface area contributed by atoms with Crippen molar-refractivity contribution in [2.45, 2.75) is 200 Å². The van der Waals surface area contributed by atoms with Crippen LogP contribution in [0.25, 0.3) is 0 Å². The molecule has 0 bridgehead atoms. The number of ether oxygens (including phenoxy) is 6. The molecule has 0 aliphatic rings. The van der Waals surface area contributed by atoms with E-state index in [0.717, 1.165) is 44.9 Å². The summed E-state index contributed by atoms with van der Waals surface area (Å²) in [6.07, 6.45) is 6.89. The quantitative estimate of drug-likeness (QED) is 0.0556. The number of hydrogen-bond acceptors (Lipinski definition) is 10. The van der Waals surface area contributed by atoms with Gasteiger partial charge >= 0.3 is 0 Å². The van der Waals surface area contributed by atoms with E-state index >= 15 is 0 Å². The summed E-state index contributed by atoms with van der Waals surface area (Å²) < 4.78 is 36.6. The maximum absolute atomic E-state index is 10.5. The Bertz CT molecular complexity index is 833. The Labute approximate surface area is 300 Å². The monoisotopic (exact) mass is 709 g/mol. The van der Waals surface area contributed by atoms with Crippen molar-refractivity contribution in [3.8, 4) is 0 Å². The standard InChI is InChI=1S/C39H80O10/c1-13-38(11,18-15-24-44-36(7,8)28-32(42)30-48-34(3,4)20-22-40)46-25-16-19-39(12,14-2)47-27-17-26-45-37(9,10)29-33(43)31-49-35(5,6)21-23-41/h32-33,40-43H,13-31H2,1-12H3. The second-order valence-electron chi connectivity index (χ2n) is 16.9. The molecule has 10 nitrogen and oxygen atoms in total. The van der Waals surface area contributed by atoms with E-state index in [1.54, 1.807) is 0 Å². The van der Waals surface area contributed by atoms with Crippen LogP contribution in [0, 0.1) is 0 Å². The first-order valence-electron chi connectivity index (χ1n) is 19.0. The average molecular weight is 709 g/mol. The van der Waals surface area contributed by atoms with Gasteiger partial charge < -0.3 is 48.8 Å². The molecule has 4 N–H and O–H groups in total. The van der Waals surface area contributed by atoms with E-state index in [4.69, 9.17) is 33.5 Å². The molecule has 0 aliphatic heterocycles. The first-order chi connectivity index (χ1) is 22.6. The summed E-state index contributed by atoms with van der Waals surface area (Å²) in [7, 11) is 0. The third kappa shape index (κ3) is 24.5. The van der Waals surface area contributed by atoms with E-state index in [9.17, 15) is 15.3 Å². The minimum Gasteiger partial charge on any atom is -0.396 e. The van der Waals surface area contributed by atoms with Gasteiger partial charge in [-0.3, -0.25) is 0 Å².